The van der Waals surface area contributed by atoms with Crippen molar-refractivity contribution in [3.05, 3.63) is 17.5 Å². The van der Waals surface area contributed by atoms with E-state index in [0.29, 0.717) is 0 Å². The average molecular weight is 361 g/mol. The van der Waals surface area contributed by atoms with Crippen LogP contribution in [0, 0.1) is 5.92 Å². The van der Waals surface area contributed by atoms with Crippen molar-refractivity contribution in [2.45, 2.75) is 78.0 Å². The second-order valence-corrected chi connectivity index (χ2v) is 7.70. The van der Waals surface area contributed by atoms with Gasteiger partial charge in [0.1, 0.15) is 0 Å². The maximum absolute atomic E-state index is 12.5. The van der Waals surface area contributed by atoms with Crippen molar-refractivity contribution >= 4 is 11.9 Å². The molecule has 1 fully saturated rings. The molecule has 144 valence electrons. The van der Waals surface area contributed by atoms with E-state index in [1.807, 2.05) is 6.20 Å². The molecule has 26 heavy (non-hydrogen) atoms. The van der Waals surface area contributed by atoms with E-state index >= 15 is 0 Å². The monoisotopic (exact) mass is 360 g/mol. The van der Waals surface area contributed by atoms with Gasteiger partial charge in [0, 0.05) is 30.8 Å². The lowest BCUT2D eigenvalue weighted by atomic mass is 9.91. The van der Waals surface area contributed by atoms with Gasteiger partial charge in [-0.2, -0.15) is 0 Å². The number of nitrogens with one attached hydrogen (secondary N) is 1. The van der Waals surface area contributed by atoms with Gasteiger partial charge in [-0.25, -0.2) is 9.97 Å². The van der Waals surface area contributed by atoms with E-state index in [-0.39, 0.29) is 30.1 Å². The van der Waals surface area contributed by atoms with Crippen molar-refractivity contribution < 1.29 is 9.53 Å². The fourth-order valence-corrected chi connectivity index (χ4v) is 4.13. The molecule has 1 aliphatic heterocycles. The third kappa shape index (κ3) is 4.17. The highest BCUT2D eigenvalue weighted by atomic mass is 16.5. The zero-order valence-electron chi connectivity index (χ0n) is 16.5. The van der Waals surface area contributed by atoms with Crippen LogP contribution < -0.4 is 10.2 Å². The first kappa shape index (κ1) is 19.1. The van der Waals surface area contributed by atoms with Crippen LogP contribution >= 0.6 is 0 Å². The molecule has 1 aliphatic carbocycles. The van der Waals surface area contributed by atoms with Gasteiger partial charge in [0.2, 0.25) is 11.9 Å². The number of nitrogens with zero attached hydrogens (tertiary/aromatic N) is 3. The van der Waals surface area contributed by atoms with Crippen LogP contribution in [-0.2, 0) is 16.0 Å². The SMILES string of the molecule is CCC(CC)C(=O)NC1CCCc2nc(N3CC(C)OC(C)C3)ncc21. The molecular formula is C20H32N4O2. The van der Waals surface area contributed by atoms with Crippen LogP contribution in [0.15, 0.2) is 6.20 Å². The molecule has 6 heteroatoms. The van der Waals surface area contributed by atoms with Gasteiger partial charge in [-0.15, -0.1) is 0 Å². The van der Waals surface area contributed by atoms with Gasteiger partial charge in [-0.05, 0) is 46.0 Å². The third-order valence-corrected chi connectivity index (χ3v) is 5.54. The summed E-state index contributed by atoms with van der Waals surface area (Å²) in [4.78, 5) is 24.2. The fraction of sp³-hybridized carbons (Fsp3) is 0.750. The Bertz CT molecular complexity index is 622. The molecular weight excluding hydrogens is 328 g/mol. The topological polar surface area (TPSA) is 67.4 Å². The number of carbonyl (C=O) groups excluding carboxylic acids is 1. The second-order valence-electron chi connectivity index (χ2n) is 7.70. The third-order valence-electron chi connectivity index (χ3n) is 5.54. The standard InChI is InChI=1S/C20H32N4O2/c1-5-15(6-2)19(25)22-17-8-7-9-18-16(17)10-21-20(23-18)24-11-13(3)26-14(4)12-24/h10,13-15,17H,5-9,11-12H2,1-4H3,(H,22,25). The normalized spacial score (nSPS) is 25.9. The Morgan fingerprint density at radius 3 is 2.65 bits per heavy atom. The summed E-state index contributed by atoms with van der Waals surface area (Å²) in [6.45, 7) is 9.95. The van der Waals surface area contributed by atoms with Crippen LogP contribution in [-0.4, -0.2) is 41.2 Å². The summed E-state index contributed by atoms with van der Waals surface area (Å²) in [5, 5.41) is 3.24. The molecule has 3 rings (SSSR count). The summed E-state index contributed by atoms with van der Waals surface area (Å²) in [5.74, 6) is 1.04. The highest BCUT2D eigenvalue weighted by Gasteiger charge is 2.28. The zero-order chi connectivity index (χ0) is 18.7. The van der Waals surface area contributed by atoms with Crippen LogP contribution in [0.5, 0.6) is 0 Å². The fourth-order valence-electron chi connectivity index (χ4n) is 4.13. The van der Waals surface area contributed by atoms with Gasteiger partial charge < -0.3 is 15.0 Å². The summed E-state index contributed by atoms with van der Waals surface area (Å²) in [5.41, 5.74) is 2.18. The predicted molar refractivity (Wildman–Crippen MR) is 102 cm³/mol. The second kappa shape index (κ2) is 8.33. The zero-order valence-corrected chi connectivity index (χ0v) is 16.5. The molecule has 1 N–H and O–H groups in total. The smallest absolute Gasteiger partial charge is 0.225 e. The van der Waals surface area contributed by atoms with E-state index in [9.17, 15) is 4.79 Å². The summed E-state index contributed by atoms with van der Waals surface area (Å²) < 4.78 is 5.81. The molecule has 3 atom stereocenters. The Kier molecular flexibility index (Phi) is 6.12. The summed E-state index contributed by atoms with van der Waals surface area (Å²) in [6.07, 6.45) is 7.03. The first-order valence-corrected chi connectivity index (χ1v) is 10.1. The summed E-state index contributed by atoms with van der Waals surface area (Å²) in [7, 11) is 0. The predicted octanol–water partition coefficient (Wildman–Crippen LogP) is 3.02. The maximum atomic E-state index is 12.5. The molecule has 1 saturated heterocycles. The lowest BCUT2D eigenvalue weighted by Gasteiger charge is -2.36. The van der Waals surface area contributed by atoms with Crippen molar-refractivity contribution in [3.63, 3.8) is 0 Å². The quantitative estimate of drug-likeness (QED) is 0.874. The number of amides is 1. The van der Waals surface area contributed by atoms with E-state index in [1.165, 1.54) is 0 Å². The highest BCUT2D eigenvalue weighted by molar-refractivity contribution is 5.79. The van der Waals surface area contributed by atoms with Gasteiger partial charge in [-0.1, -0.05) is 13.8 Å². The molecule has 1 aromatic heterocycles. The minimum Gasteiger partial charge on any atom is -0.372 e. The largest absolute Gasteiger partial charge is 0.372 e. The summed E-state index contributed by atoms with van der Waals surface area (Å²) in [6, 6.07) is 0.0448. The molecule has 2 heterocycles. The molecule has 1 amide bonds. The molecule has 2 aliphatic rings. The number of ether oxygens (including phenoxy) is 1. The Morgan fingerprint density at radius 1 is 1.31 bits per heavy atom. The Hall–Kier alpha value is -1.69. The number of aryl methyl sites for hydroxylation is 1. The molecule has 6 nitrogen and oxygen atoms in total. The number of carbonyl (C=O) groups is 1. The van der Waals surface area contributed by atoms with Crippen molar-refractivity contribution in [1.29, 1.82) is 0 Å². The van der Waals surface area contributed by atoms with E-state index in [1.54, 1.807) is 0 Å². The van der Waals surface area contributed by atoms with Gasteiger partial charge in [-0.3, -0.25) is 4.79 Å². The maximum Gasteiger partial charge on any atom is 0.225 e. The average Bonchev–Trinajstić information content (AvgIpc) is 2.61. The van der Waals surface area contributed by atoms with E-state index in [2.05, 4.69) is 42.9 Å². The van der Waals surface area contributed by atoms with E-state index in [4.69, 9.17) is 9.72 Å². The number of hydrogen-bond donors (Lipinski definition) is 1. The first-order valence-electron chi connectivity index (χ1n) is 10.1. The minimum absolute atomic E-state index is 0.0448. The van der Waals surface area contributed by atoms with E-state index < -0.39 is 0 Å². The Morgan fingerprint density at radius 2 is 2.00 bits per heavy atom. The van der Waals surface area contributed by atoms with Crippen molar-refractivity contribution in [2.24, 2.45) is 5.92 Å². The Labute approximate surface area is 156 Å². The number of morpholine rings is 1. The Balaban J connectivity index is 1.76. The molecule has 0 radical (unpaired) electrons. The minimum atomic E-state index is 0.0448. The summed E-state index contributed by atoms with van der Waals surface area (Å²) >= 11 is 0. The van der Waals surface area contributed by atoms with Crippen LogP contribution in [0.2, 0.25) is 0 Å². The molecule has 3 unspecified atom stereocenters. The molecule has 0 saturated carbocycles. The number of rotatable bonds is 5. The number of hydrogen-bond acceptors (Lipinski definition) is 5. The van der Waals surface area contributed by atoms with Crippen LogP contribution in [0.1, 0.15) is 70.7 Å². The van der Waals surface area contributed by atoms with E-state index in [0.717, 1.165) is 62.4 Å². The van der Waals surface area contributed by atoms with Crippen molar-refractivity contribution in [2.75, 3.05) is 18.0 Å². The molecule has 0 aromatic carbocycles. The first-order chi connectivity index (χ1) is 12.5. The lowest BCUT2D eigenvalue weighted by Crippen LogP contribution is -2.46. The van der Waals surface area contributed by atoms with Gasteiger partial charge >= 0.3 is 0 Å². The van der Waals surface area contributed by atoms with Gasteiger partial charge in [0.15, 0.2) is 0 Å². The van der Waals surface area contributed by atoms with Crippen LogP contribution in [0.3, 0.4) is 0 Å². The number of aromatic nitrogens is 2. The van der Waals surface area contributed by atoms with Crippen molar-refractivity contribution in [3.8, 4) is 0 Å². The number of anilines is 1. The van der Waals surface area contributed by atoms with Crippen LogP contribution in [0.4, 0.5) is 5.95 Å². The van der Waals surface area contributed by atoms with Gasteiger partial charge in [0.25, 0.3) is 0 Å². The molecule has 0 bridgehead atoms. The highest BCUT2D eigenvalue weighted by Crippen LogP contribution is 2.30. The number of fused-ring (bicyclic) bond motifs is 1. The van der Waals surface area contributed by atoms with Crippen molar-refractivity contribution in [1.82, 2.24) is 15.3 Å². The molecule has 1 aromatic rings. The van der Waals surface area contributed by atoms with Crippen LogP contribution in [0.25, 0.3) is 0 Å². The molecule has 0 spiro atoms. The van der Waals surface area contributed by atoms with Gasteiger partial charge in [0.05, 0.1) is 23.9 Å². The lowest BCUT2D eigenvalue weighted by molar-refractivity contribution is -0.126.